The number of hydrogen-bond acceptors (Lipinski definition) is 4. The Bertz CT molecular complexity index is 1180. The fraction of sp³-hybridized carbons (Fsp3) is 0.214. The summed E-state index contributed by atoms with van der Waals surface area (Å²) in [6.45, 7) is 9.00. The van der Waals surface area contributed by atoms with Crippen LogP contribution in [0.2, 0.25) is 0 Å². The maximum Gasteiger partial charge on any atom is 0.271 e. The minimum atomic E-state index is -0.0742. The third-order valence-electron chi connectivity index (χ3n) is 5.12. The van der Waals surface area contributed by atoms with Crippen molar-refractivity contribution in [2.24, 2.45) is 10.9 Å². The van der Waals surface area contributed by atoms with Crippen molar-refractivity contribution in [2.45, 2.75) is 27.7 Å². The topological polar surface area (TPSA) is 41.9 Å². The molecular formula is C28H28N2O2S. The van der Waals surface area contributed by atoms with Crippen molar-refractivity contribution >= 4 is 40.3 Å². The van der Waals surface area contributed by atoms with Crippen LogP contribution in [0.1, 0.15) is 30.5 Å². The lowest BCUT2D eigenvalue weighted by atomic mass is 10.2. The zero-order chi connectivity index (χ0) is 23.4. The molecule has 4 rings (SSSR count). The quantitative estimate of drug-likeness (QED) is 0.370. The summed E-state index contributed by atoms with van der Waals surface area (Å²) in [5, 5.41) is 0.649. The second-order valence-corrected chi connectivity index (χ2v) is 9.60. The normalized spacial score (nSPS) is 16.3. The van der Waals surface area contributed by atoms with Crippen LogP contribution in [0.4, 0.5) is 11.4 Å². The van der Waals surface area contributed by atoms with E-state index in [4.69, 9.17) is 9.73 Å². The average molecular weight is 457 g/mol. The Morgan fingerprint density at radius 3 is 2.12 bits per heavy atom. The van der Waals surface area contributed by atoms with E-state index in [2.05, 4.69) is 13.8 Å². The predicted molar refractivity (Wildman–Crippen MR) is 139 cm³/mol. The summed E-state index contributed by atoms with van der Waals surface area (Å²) < 4.78 is 5.77. The molecule has 1 fully saturated rings. The van der Waals surface area contributed by atoms with Gasteiger partial charge in [0.25, 0.3) is 5.91 Å². The molecule has 0 aliphatic carbocycles. The van der Waals surface area contributed by atoms with Gasteiger partial charge in [0.05, 0.1) is 22.9 Å². The molecule has 168 valence electrons. The highest BCUT2D eigenvalue weighted by Crippen LogP contribution is 2.37. The zero-order valence-electron chi connectivity index (χ0n) is 19.4. The molecule has 1 amide bonds. The van der Waals surface area contributed by atoms with Gasteiger partial charge in [0.15, 0.2) is 5.17 Å². The maximum atomic E-state index is 13.4. The smallest absolute Gasteiger partial charge is 0.271 e. The van der Waals surface area contributed by atoms with Crippen LogP contribution >= 0.6 is 11.8 Å². The lowest BCUT2D eigenvalue weighted by molar-refractivity contribution is -0.113. The van der Waals surface area contributed by atoms with Crippen molar-refractivity contribution in [3.05, 3.63) is 94.4 Å². The third kappa shape index (κ3) is 5.74. The molecule has 0 N–H and O–H groups in total. The van der Waals surface area contributed by atoms with Gasteiger partial charge < -0.3 is 4.74 Å². The first-order chi connectivity index (χ1) is 15.9. The molecule has 0 atom stereocenters. The minimum Gasteiger partial charge on any atom is -0.493 e. The molecule has 0 saturated carbocycles. The molecule has 3 aromatic carbocycles. The number of benzene rings is 3. The number of hydrogen-bond donors (Lipinski definition) is 0. The monoisotopic (exact) mass is 456 g/mol. The number of carbonyl (C=O) groups is 1. The van der Waals surface area contributed by atoms with Crippen LogP contribution < -0.4 is 9.64 Å². The van der Waals surface area contributed by atoms with E-state index in [1.54, 1.807) is 4.90 Å². The van der Waals surface area contributed by atoms with Gasteiger partial charge in [-0.1, -0.05) is 61.4 Å². The summed E-state index contributed by atoms with van der Waals surface area (Å²) in [7, 11) is 0. The van der Waals surface area contributed by atoms with E-state index in [1.165, 1.54) is 17.3 Å². The molecule has 1 aliphatic rings. The van der Waals surface area contributed by atoms with Crippen molar-refractivity contribution in [2.75, 3.05) is 11.5 Å². The number of aliphatic imine (C=N–C) groups is 1. The van der Waals surface area contributed by atoms with Crippen LogP contribution in [0.5, 0.6) is 5.75 Å². The average Bonchev–Trinajstić information content (AvgIpc) is 3.10. The highest BCUT2D eigenvalue weighted by molar-refractivity contribution is 8.19. The number of anilines is 1. The Morgan fingerprint density at radius 1 is 0.909 bits per heavy atom. The van der Waals surface area contributed by atoms with Crippen LogP contribution in [-0.4, -0.2) is 17.7 Å². The van der Waals surface area contributed by atoms with E-state index < -0.39 is 0 Å². The van der Waals surface area contributed by atoms with Gasteiger partial charge in [-0.25, -0.2) is 4.99 Å². The van der Waals surface area contributed by atoms with Crippen molar-refractivity contribution in [3.8, 4) is 5.75 Å². The second-order valence-electron chi connectivity index (χ2n) is 8.59. The van der Waals surface area contributed by atoms with Crippen molar-refractivity contribution in [1.29, 1.82) is 0 Å². The van der Waals surface area contributed by atoms with E-state index in [0.29, 0.717) is 22.6 Å². The van der Waals surface area contributed by atoms with Crippen molar-refractivity contribution in [3.63, 3.8) is 0 Å². The maximum absolute atomic E-state index is 13.4. The number of amidine groups is 1. The summed E-state index contributed by atoms with van der Waals surface area (Å²) >= 11 is 1.39. The van der Waals surface area contributed by atoms with E-state index in [9.17, 15) is 4.79 Å². The number of nitrogens with zero attached hydrogens (tertiary/aromatic N) is 2. The molecule has 5 heteroatoms. The summed E-state index contributed by atoms with van der Waals surface area (Å²) in [6.07, 6.45) is 1.91. The number of thioether (sulfide) groups is 1. The van der Waals surface area contributed by atoms with Gasteiger partial charge in [0.1, 0.15) is 5.75 Å². The van der Waals surface area contributed by atoms with Gasteiger partial charge in [-0.05, 0) is 79.6 Å². The van der Waals surface area contributed by atoms with E-state index in [-0.39, 0.29) is 5.91 Å². The Morgan fingerprint density at radius 2 is 1.52 bits per heavy atom. The van der Waals surface area contributed by atoms with Crippen LogP contribution in [0.25, 0.3) is 6.08 Å². The highest BCUT2D eigenvalue weighted by Gasteiger charge is 2.34. The summed E-state index contributed by atoms with van der Waals surface area (Å²) in [4.78, 5) is 20.6. The molecule has 0 unspecified atom stereocenters. The first-order valence-corrected chi connectivity index (χ1v) is 11.9. The molecule has 0 radical (unpaired) electrons. The molecule has 4 nitrogen and oxygen atoms in total. The Labute approximate surface area is 200 Å². The van der Waals surface area contributed by atoms with Crippen LogP contribution in [-0.2, 0) is 4.79 Å². The molecule has 0 aromatic heterocycles. The molecule has 0 bridgehead atoms. The van der Waals surface area contributed by atoms with Crippen LogP contribution in [0.3, 0.4) is 0 Å². The van der Waals surface area contributed by atoms with Crippen LogP contribution in [0, 0.1) is 19.8 Å². The molecule has 3 aromatic rings. The summed E-state index contributed by atoms with van der Waals surface area (Å²) in [5.74, 6) is 1.23. The van der Waals surface area contributed by atoms with E-state index >= 15 is 0 Å². The zero-order valence-corrected chi connectivity index (χ0v) is 20.2. The minimum absolute atomic E-state index is 0.0742. The number of amides is 1. The molecule has 1 aliphatic heterocycles. The number of carbonyl (C=O) groups excluding carboxylic acids is 1. The fourth-order valence-corrected chi connectivity index (χ4v) is 4.28. The van der Waals surface area contributed by atoms with Gasteiger partial charge >= 0.3 is 0 Å². The largest absolute Gasteiger partial charge is 0.493 e. The van der Waals surface area contributed by atoms with E-state index in [1.807, 2.05) is 92.7 Å². The van der Waals surface area contributed by atoms with Gasteiger partial charge in [0, 0.05) is 0 Å². The van der Waals surface area contributed by atoms with Gasteiger partial charge in [-0.2, -0.15) is 0 Å². The standard InChI is InChI=1S/C28H28N2O2S/c1-19(2)18-32-25-15-9-22(10-16-25)17-26-27(31)30(24-13-7-21(4)8-14-24)28(33-26)29-23-11-5-20(3)6-12-23/h5-17,19H,18H2,1-4H3/b26-17+,29-28?. The first-order valence-electron chi connectivity index (χ1n) is 11.1. The molecule has 0 spiro atoms. The molecule has 1 saturated heterocycles. The van der Waals surface area contributed by atoms with Crippen molar-refractivity contribution < 1.29 is 9.53 Å². The Kier molecular flexibility index (Phi) is 6.99. The predicted octanol–water partition coefficient (Wildman–Crippen LogP) is 7.15. The summed E-state index contributed by atoms with van der Waals surface area (Å²) in [5.41, 5.74) is 4.89. The van der Waals surface area contributed by atoms with Gasteiger partial charge in [0.2, 0.25) is 0 Å². The second kappa shape index (κ2) is 10.1. The SMILES string of the molecule is Cc1ccc(N=C2S/C(=C/c3ccc(OCC(C)C)cc3)C(=O)N2c2ccc(C)cc2)cc1. The third-order valence-corrected chi connectivity index (χ3v) is 6.09. The Hall–Kier alpha value is -3.31. The first kappa shape index (κ1) is 22.9. The summed E-state index contributed by atoms with van der Waals surface area (Å²) in [6, 6.07) is 23.8. The number of ether oxygens (including phenoxy) is 1. The van der Waals surface area contributed by atoms with Gasteiger partial charge in [-0.15, -0.1) is 0 Å². The van der Waals surface area contributed by atoms with Gasteiger partial charge in [-0.3, -0.25) is 9.69 Å². The molecule has 33 heavy (non-hydrogen) atoms. The number of aryl methyl sites for hydroxylation is 2. The lowest BCUT2D eigenvalue weighted by Gasteiger charge is -2.16. The van der Waals surface area contributed by atoms with Crippen LogP contribution in [0.15, 0.2) is 82.7 Å². The molecular weight excluding hydrogens is 428 g/mol. The Balaban J connectivity index is 1.65. The van der Waals surface area contributed by atoms with E-state index in [0.717, 1.165) is 28.3 Å². The van der Waals surface area contributed by atoms with Crippen molar-refractivity contribution in [1.82, 2.24) is 0 Å². The number of rotatable bonds is 6. The fourth-order valence-electron chi connectivity index (χ4n) is 3.27. The molecule has 1 heterocycles. The highest BCUT2D eigenvalue weighted by atomic mass is 32.2. The lowest BCUT2D eigenvalue weighted by Crippen LogP contribution is -2.28.